The molecule has 2 aromatic heterocycles. The van der Waals surface area contributed by atoms with Crippen molar-refractivity contribution in [2.75, 3.05) is 10.2 Å². The van der Waals surface area contributed by atoms with Gasteiger partial charge in [-0.3, -0.25) is 9.78 Å². The van der Waals surface area contributed by atoms with Crippen molar-refractivity contribution < 1.29 is 32.6 Å². The largest absolute Gasteiger partial charge is 0.478 e. The van der Waals surface area contributed by atoms with Crippen LogP contribution < -0.4 is 15.0 Å². The monoisotopic (exact) mass is 565 g/mol. The van der Waals surface area contributed by atoms with Gasteiger partial charge in [-0.2, -0.15) is 13.2 Å². The van der Waals surface area contributed by atoms with Crippen molar-refractivity contribution in [1.82, 2.24) is 15.0 Å². The second-order valence-corrected chi connectivity index (χ2v) is 9.36. The topological polar surface area (TPSA) is 118 Å². The lowest BCUT2D eigenvalue weighted by Crippen LogP contribution is -2.38. The molecule has 41 heavy (non-hydrogen) atoms. The molecular weight excluding hydrogens is 539 g/mol. The van der Waals surface area contributed by atoms with E-state index in [9.17, 15) is 27.9 Å². The highest BCUT2D eigenvalue weighted by molar-refractivity contribution is 6.09. The van der Waals surface area contributed by atoms with Gasteiger partial charge >= 0.3 is 12.1 Å². The van der Waals surface area contributed by atoms with Crippen LogP contribution in [0.15, 0.2) is 73.3 Å². The van der Waals surface area contributed by atoms with Crippen LogP contribution in [0.4, 0.5) is 24.7 Å². The fraction of sp³-hybridized carbons (Fsp3) is 0.207. The van der Waals surface area contributed by atoms with E-state index in [2.05, 4.69) is 20.3 Å². The van der Waals surface area contributed by atoms with E-state index in [4.69, 9.17) is 4.74 Å². The van der Waals surface area contributed by atoms with Gasteiger partial charge in [0.1, 0.15) is 17.1 Å². The average molecular weight is 566 g/mol. The number of carboxylic acids is 1. The number of alkyl halides is 3. The average Bonchev–Trinajstić information content (AvgIpc) is 2.93. The molecule has 212 valence electrons. The van der Waals surface area contributed by atoms with E-state index < -0.39 is 35.5 Å². The number of aromatic carboxylic acids is 1. The third kappa shape index (κ3) is 6.96. The van der Waals surface area contributed by atoms with E-state index in [1.54, 1.807) is 38.1 Å². The van der Waals surface area contributed by atoms with Gasteiger partial charge in [0, 0.05) is 36.7 Å². The van der Waals surface area contributed by atoms with Crippen LogP contribution in [0.5, 0.6) is 11.6 Å². The maximum atomic E-state index is 13.9. The summed E-state index contributed by atoms with van der Waals surface area (Å²) in [6, 6.07) is 11.0. The summed E-state index contributed by atoms with van der Waals surface area (Å²) in [5.41, 5.74) is 0.116. The summed E-state index contributed by atoms with van der Waals surface area (Å²) in [5, 5.41) is 12.8. The SMILES string of the molecule is Cc1ccc(C(=O)N(c2ccc(Oc3ncc(CNc4cnccn4)cc3C(F)(F)F)cc2C(=O)O)C(C)C)cc1. The van der Waals surface area contributed by atoms with E-state index >= 15 is 0 Å². The zero-order chi connectivity index (χ0) is 29.7. The lowest BCUT2D eigenvalue weighted by Gasteiger charge is -2.28. The summed E-state index contributed by atoms with van der Waals surface area (Å²) in [4.78, 5) is 38.6. The molecule has 12 heteroatoms. The van der Waals surface area contributed by atoms with Crippen molar-refractivity contribution in [3.05, 3.63) is 101 Å². The number of halogens is 3. The molecule has 0 fully saturated rings. The zero-order valence-electron chi connectivity index (χ0n) is 22.3. The Bertz CT molecular complexity index is 1540. The second-order valence-electron chi connectivity index (χ2n) is 9.36. The predicted octanol–water partition coefficient (Wildman–Crippen LogP) is 6.36. The number of anilines is 2. The number of aromatic nitrogens is 3. The van der Waals surface area contributed by atoms with E-state index in [0.29, 0.717) is 11.4 Å². The number of pyridine rings is 1. The molecule has 0 radical (unpaired) electrons. The highest BCUT2D eigenvalue weighted by Crippen LogP contribution is 2.38. The lowest BCUT2D eigenvalue weighted by atomic mass is 10.1. The first kappa shape index (κ1) is 29.0. The molecule has 9 nitrogen and oxygen atoms in total. The van der Waals surface area contributed by atoms with Gasteiger partial charge in [-0.15, -0.1) is 0 Å². The highest BCUT2D eigenvalue weighted by atomic mass is 19.4. The summed E-state index contributed by atoms with van der Waals surface area (Å²) in [7, 11) is 0. The Morgan fingerprint density at radius 1 is 1.02 bits per heavy atom. The third-order valence-corrected chi connectivity index (χ3v) is 5.96. The number of benzene rings is 2. The summed E-state index contributed by atoms with van der Waals surface area (Å²) >= 11 is 0. The molecule has 0 saturated heterocycles. The number of rotatable bonds is 9. The Hall–Kier alpha value is -5.00. The van der Waals surface area contributed by atoms with Crippen molar-refractivity contribution in [1.29, 1.82) is 0 Å². The molecule has 0 bridgehead atoms. The number of hydrogen-bond acceptors (Lipinski definition) is 7. The molecule has 0 spiro atoms. The van der Waals surface area contributed by atoms with Crippen molar-refractivity contribution in [2.45, 2.75) is 39.5 Å². The molecule has 0 aliphatic rings. The quantitative estimate of drug-likeness (QED) is 0.241. The van der Waals surface area contributed by atoms with Crippen molar-refractivity contribution in [2.24, 2.45) is 0 Å². The van der Waals surface area contributed by atoms with E-state index in [1.165, 1.54) is 41.8 Å². The van der Waals surface area contributed by atoms with Crippen LogP contribution in [-0.4, -0.2) is 38.0 Å². The summed E-state index contributed by atoms with van der Waals surface area (Å²) in [6.07, 6.45) is 0.726. The van der Waals surface area contributed by atoms with Crippen molar-refractivity contribution >= 4 is 23.4 Å². The van der Waals surface area contributed by atoms with Gasteiger partial charge in [0.15, 0.2) is 0 Å². The molecule has 0 aliphatic heterocycles. The Kier molecular flexibility index (Phi) is 8.51. The molecule has 4 rings (SSSR count). The minimum Gasteiger partial charge on any atom is -0.478 e. The van der Waals surface area contributed by atoms with Gasteiger partial charge in [0.2, 0.25) is 5.88 Å². The molecule has 2 heterocycles. The first-order chi connectivity index (χ1) is 19.4. The van der Waals surface area contributed by atoms with Gasteiger partial charge in [-0.05, 0) is 62.7 Å². The predicted molar refractivity (Wildman–Crippen MR) is 145 cm³/mol. The minimum atomic E-state index is -4.81. The maximum absolute atomic E-state index is 13.9. The number of hydrogen-bond donors (Lipinski definition) is 2. The molecule has 0 atom stereocenters. The van der Waals surface area contributed by atoms with Crippen LogP contribution in [0.25, 0.3) is 0 Å². The van der Waals surface area contributed by atoms with Crippen LogP contribution in [-0.2, 0) is 12.7 Å². The second kappa shape index (κ2) is 12.0. The summed E-state index contributed by atoms with van der Waals surface area (Å²) < 4.78 is 47.3. The van der Waals surface area contributed by atoms with E-state index in [1.807, 2.05) is 6.92 Å². The van der Waals surface area contributed by atoms with E-state index in [0.717, 1.165) is 17.7 Å². The van der Waals surface area contributed by atoms with Crippen LogP contribution in [0.1, 0.15) is 51.3 Å². The number of carbonyl (C=O) groups excluding carboxylic acids is 1. The van der Waals surface area contributed by atoms with Gasteiger partial charge in [0.05, 0.1) is 17.4 Å². The van der Waals surface area contributed by atoms with E-state index in [-0.39, 0.29) is 29.1 Å². The van der Waals surface area contributed by atoms with Gasteiger partial charge in [0.25, 0.3) is 5.91 Å². The standard InChI is InChI=1S/C29H26F3N5O4/c1-17(2)37(27(38)20-6-4-18(3)5-7-20)24-9-8-21(13-22(24)28(39)40)41-26-23(29(30,31)32)12-19(15-36-26)14-35-25-16-33-10-11-34-25/h4-13,15-17H,14H2,1-3H3,(H,34,35)(H,39,40). The Balaban J connectivity index is 1.65. The van der Waals surface area contributed by atoms with Gasteiger partial charge < -0.3 is 20.1 Å². The summed E-state index contributed by atoms with van der Waals surface area (Å²) in [6.45, 7) is 5.32. The molecule has 2 N–H and O–H groups in total. The lowest BCUT2D eigenvalue weighted by molar-refractivity contribution is -0.138. The number of ether oxygens (including phenoxy) is 1. The van der Waals surface area contributed by atoms with Crippen molar-refractivity contribution in [3.8, 4) is 11.6 Å². The van der Waals surface area contributed by atoms with Crippen LogP contribution in [0.3, 0.4) is 0 Å². The summed E-state index contributed by atoms with van der Waals surface area (Å²) in [5.74, 6) is -2.38. The van der Waals surface area contributed by atoms with Crippen LogP contribution >= 0.6 is 0 Å². The zero-order valence-corrected chi connectivity index (χ0v) is 22.3. The first-order valence-electron chi connectivity index (χ1n) is 12.5. The van der Waals surface area contributed by atoms with Crippen molar-refractivity contribution in [3.63, 3.8) is 0 Å². The Morgan fingerprint density at radius 3 is 2.37 bits per heavy atom. The molecule has 4 aromatic rings. The number of carboxylic acid groups (broad SMARTS) is 1. The number of amides is 1. The first-order valence-corrected chi connectivity index (χ1v) is 12.5. The Morgan fingerprint density at radius 2 is 1.76 bits per heavy atom. The molecule has 2 aromatic carbocycles. The third-order valence-electron chi connectivity index (χ3n) is 5.96. The molecule has 0 unspecified atom stereocenters. The Labute approximate surface area is 233 Å². The number of aryl methyl sites for hydroxylation is 1. The maximum Gasteiger partial charge on any atom is 0.421 e. The fourth-order valence-electron chi connectivity index (χ4n) is 3.99. The van der Waals surface area contributed by atoms with Crippen LogP contribution in [0.2, 0.25) is 0 Å². The van der Waals surface area contributed by atoms with Gasteiger partial charge in [-0.1, -0.05) is 17.7 Å². The van der Waals surface area contributed by atoms with Crippen LogP contribution in [0, 0.1) is 6.92 Å². The molecule has 0 aliphatic carbocycles. The smallest absolute Gasteiger partial charge is 0.421 e. The molecule has 1 amide bonds. The normalized spacial score (nSPS) is 11.3. The minimum absolute atomic E-state index is 0.00698. The fourth-order valence-corrected chi connectivity index (χ4v) is 3.99. The number of nitrogens with zero attached hydrogens (tertiary/aromatic N) is 4. The highest BCUT2D eigenvalue weighted by Gasteiger charge is 2.36. The molecular formula is C29H26F3N5O4. The number of carbonyl (C=O) groups is 2. The van der Waals surface area contributed by atoms with Gasteiger partial charge in [-0.25, -0.2) is 14.8 Å². The number of nitrogens with one attached hydrogen (secondary N) is 1. The molecule has 0 saturated carbocycles.